The van der Waals surface area contributed by atoms with E-state index >= 15 is 0 Å². The van der Waals surface area contributed by atoms with Gasteiger partial charge in [-0.3, -0.25) is 4.79 Å². The summed E-state index contributed by atoms with van der Waals surface area (Å²) in [6, 6.07) is 0. The highest BCUT2D eigenvalue weighted by atomic mass is 33.1. The zero-order valence-electron chi connectivity index (χ0n) is 7.99. The van der Waals surface area contributed by atoms with Gasteiger partial charge in [0.1, 0.15) is 6.10 Å². The van der Waals surface area contributed by atoms with Gasteiger partial charge >= 0.3 is 5.97 Å². The lowest BCUT2D eigenvalue weighted by Gasteiger charge is -2.13. The van der Waals surface area contributed by atoms with Crippen molar-refractivity contribution < 1.29 is 9.53 Å². The number of carbonyl (C=O) groups excluding carboxylic acids is 1. The molecular formula is C8H16O2S2. The summed E-state index contributed by atoms with van der Waals surface area (Å²) in [4.78, 5) is 11.1. The van der Waals surface area contributed by atoms with E-state index in [2.05, 4.69) is 0 Å². The van der Waals surface area contributed by atoms with Crippen molar-refractivity contribution in [2.45, 2.75) is 26.9 Å². The quantitative estimate of drug-likeness (QED) is 0.512. The van der Waals surface area contributed by atoms with E-state index in [1.807, 2.05) is 27.0 Å². The topological polar surface area (TPSA) is 26.3 Å². The zero-order valence-corrected chi connectivity index (χ0v) is 9.63. The lowest BCUT2D eigenvalue weighted by atomic mass is 10.2. The number of ether oxygens (including phenoxy) is 1. The second kappa shape index (κ2) is 6.66. The molecule has 72 valence electrons. The number of hydrogen-bond acceptors (Lipinski definition) is 4. The Bertz CT molecular complexity index is 137. The molecule has 0 aliphatic rings. The molecule has 0 saturated heterocycles. The standard InChI is InChI=1S/C8H16O2S2/c1-6(2)8(9)10-7(3)5-12-11-4/h6-7H,5H2,1-4H3. The summed E-state index contributed by atoms with van der Waals surface area (Å²) in [5, 5.41) is 0. The van der Waals surface area contributed by atoms with Crippen LogP contribution in [0.25, 0.3) is 0 Å². The Morgan fingerprint density at radius 1 is 1.42 bits per heavy atom. The minimum absolute atomic E-state index is 0.0215. The summed E-state index contributed by atoms with van der Waals surface area (Å²) in [6.07, 6.45) is 2.04. The van der Waals surface area contributed by atoms with Gasteiger partial charge in [0.05, 0.1) is 5.92 Å². The fourth-order valence-corrected chi connectivity index (χ4v) is 1.91. The summed E-state index contributed by atoms with van der Waals surface area (Å²) < 4.78 is 5.14. The number of esters is 1. The molecule has 0 N–H and O–H groups in total. The molecule has 0 fully saturated rings. The van der Waals surface area contributed by atoms with Crippen molar-refractivity contribution in [1.29, 1.82) is 0 Å². The Morgan fingerprint density at radius 3 is 2.42 bits per heavy atom. The lowest BCUT2D eigenvalue weighted by Crippen LogP contribution is -2.20. The Labute approximate surface area is 82.2 Å². The first kappa shape index (κ1) is 12.2. The maximum Gasteiger partial charge on any atom is 0.308 e. The molecule has 0 spiro atoms. The first-order valence-corrected chi connectivity index (χ1v) is 6.66. The molecule has 0 rings (SSSR count). The average Bonchev–Trinajstić information content (AvgIpc) is 2.00. The van der Waals surface area contributed by atoms with Crippen molar-refractivity contribution in [3.63, 3.8) is 0 Å². The maximum atomic E-state index is 11.1. The van der Waals surface area contributed by atoms with E-state index in [1.165, 1.54) is 0 Å². The summed E-state index contributed by atoms with van der Waals surface area (Å²) >= 11 is 0. The second-order valence-corrected chi connectivity index (χ2v) is 5.46. The molecule has 0 aliphatic carbocycles. The van der Waals surface area contributed by atoms with Crippen LogP contribution in [-0.4, -0.2) is 24.1 Å². The molecule has 0 bridgehead atoms. The Balaban J connectivity index is 3.54. The highest BCUT2D eigenvalue weighted by Gasteiger charge is 2.12. The van der Waals surface area contributed by atoms with E-state index < -0.39 is 0 Å². The van der Waals surface area contributed by atoms with Crippen molar-refractivity contribution in [2.75, 3.05) is 12.0 Å². The van der Waals surface area contributed by atoms with E-state index in [0.29, 0.717) is 0 Å². The fraction of sp³-hybridized carbons (Fsp3) is 0.875. The molecule has 4 heteroatoms. The van der Waals surface area contributed by atoms with E-state index in [1.54, 1.807) is 21.6 Å². The molecule has 0 aromatic carbocycles. The number of carbonyl (C=O) groups is 1. The normalized spacial score (nSPS) is 13.1. The van der Waals surface area contributed by atoms with Gasteiger partial charge in [-0.1, -0.05) is 35.4 Å². The number of hydrogen-bond donors (Lipinski definition) is 0. The molecule has 0 amide bonds. The monoisotopic (exact) mass is 208 g/mol. The summed E-state index contributed by atoms with van der Waals surface area (Å²) in [5.74, 6) is 0.732. The first-order chi connectivity index (χ1) is 5.57. The van der Waals surface area contributed by atoms with Crippen LogP contribution >= 0.6 is 21.6 Å². The summed E-state index contributed by atoms with van der Waals surface area (Å²) in [5.41, 5.74) is 0. The van der Waals surface area contributed by atoms with Crippen LogP contribution in [-0.2, 0) is 9.53 Å². The second-order valence-electron chi connectivity index (χ2n) is 2.85. The molecule has 0 heterocycles. The zero-order chi connectivity index (χ0) is 9.56. The predicted molar refractivity (Wildman–Crippen MR) is 56.4 cm³/mol. The Hall–Kier alpha value is 0.170. The van der Waals surface area contributed by atoms with Gasteiger partial charge in [-0.2, -0.15) is 0 Å². The minimum Gasteiger partial charge on any atom is -0.462 e. The van der Waals surface area contributed by atoms with Crippen LogP contribution in [0.2, 0.25) is 0 Å². The largest absolute Gasteiger partial charge is 0.462 e. The van der Waals surface area contributed by atoms with Gasteiger partial charge in [0.2, 0.25) is 0 Å². The van der Waals surface area contributed by atoms with Gasteiger partial charge in [-0.25, -0.2) is 0 Å². The third-order valence-corrected chi connectivity index (χ3v) is 3.17. The molecule has 1 atom stereocenters. The summed E-state index contributed by atoms with van der Waals surface area (Å²) in [6.45, 7) is 5.61. The van der Waals surface area contributed by atoms with Gasteiger partial charge in [-0.15, -0.1) is 0 Å². The highest BCUT2D eigenvalue weighted by Crippen LogP contribution is 2.18. The molecule has 2 nitrogen and oxygen atoms in total. The SMILES string of the molecule is CSSCC(C)OC(=O)C(C)C. The van der Waals surface area contributed by atoms with Gasteiger partial charge in [0, 0.05) is 5.75 Å². The Morgan fingerprint density at radius 2 is 2.00 bits per heavy atom. The molecule has 12 heavy (non-hydrogen) atoms. The first-order valence-electron chi connectivity index (χ1n) is 3.94. The molecule has 0 aliphatic heterocycles. The van der Waals surface area contributed by atoms with Crippen molar-refractivity contribution in [3.05, 3.63) is 0 Å². The van der Waals surface area contributed by atoms with E-state index in [9.17, 15) is 4.79 Å². The van der Waals surface area contributed by atoms with Crippen molar-refractivity contribution >= 4 is 27.6 Å². The molecule has 0 aromatic heterocycles. The van der Waals surface area contributed by atoms with E-state index in [-0.39, 0.29) is 18.0 Å². The van der Waals surface area contributed by atoms with Gasteiger partial charge in [0.15, 0.2) is 0 Å². The van der Waals surface area contributed by atoms with E-state index in [4.69, 9.17) is 4.74 Å². The predicted octanol–water partition coefficient (Wildman–Crippen LogP) is 2.59. The molecule has 1 unspecified atom stereocenters. The fourth-order valence-electron chi connectivity index (χ4n) is 0.532. The third-order valence-electron chi connectivity index (χ3n) is 1.21. The number of rotatable bonds is 5. The van der Waals surface area contributed by atoms with Crippen LogP contribution in [0, 0.1) is 5.92 Å². The highest BCUT2D eigenvalue weighted by molar-refractivity contribution is 8.76. The van der Waals surface area contributed by atoms with Gasteiger partial charge < -0.3 is 4.74 Å². The maximum absolute atomic E-state index is 11.1. The van der Waals surface area contributed by atoms with Crippen LogP contribution in [0.15, 0.2) is 0 Å². The summed E-state index contributed by atoms with van der Waals surface area (Å²) in [7, 11) is 3.40. The lowest BCUT2D eigenvalue weighted by molar-refractivity contribution is -0.150. The van der Waals surface area contributed by atoms with Gasteiger partial charge in [-0.05, 0) is 13.2 Å². The van der Waals surface area contributed by atoms with Crippen molar-refractivity contribution in [1.82, 2.24) is 0 Å². The van der Waals surface area contributed by atoms with Crippen LogP contribution in [0.4, 0.5) is 0 Å². The van der Waals surface area contributed by atoms with Crippen molar-refractivity contribution in [2.24, 2.45) is 5.92 Å². The smallest absolute Gasteiger partial charge is 0.308 e. The third kappa shape index (κ3) is 5.77. The van der Waals surface area contributed by atoms with E-state index in [0.717, 1.165) is 5.75 Å². The van der Waals surface area contributed by atoms with Crippen LogP contribution in [0.1, 0.15) is 20.8 Å². The van der Waals surface area contributed by atoms with Gasteiger partial charge in [0.25, 0.3) is 0 Å². The van der Waals surface area contributed by atoms with Crippen LogP contribution in [0.3, 0.4) is 0 Å². The minimum atomic E-state index is -0.107. The van der Waals surface area contributed by atoms with Crippen molar-refractivity contribution in [3.8, 4) is 0 Å². The molecular weight excluding hydrogens is 192 g/mol. The Kier molecular flexibility index (Phi) is 6.76. The average molecular weight is 208 g/mol. The molecule has 0 radical (unpaired) electrons. The molecule has 0 aromatic rings. The molecule has 0 saturated carbocycles. The van der Waals surface area contributed by atoms with Crippen LogP contribution in [0.5, 0.6) is 0 Å². The van der Waals surface area contributed by atoms with Crippen LogP contribution < -0.4 is 0 Å².